The number of aliphatic hydroxyl groups is 1. The van der Waals surface area contributed by atoms with Crippen LogP contribution in [0.3, 0.4) is 0 Å². The molecule has 76 valence electrons. The molecule has 0 amide bonds. The minimum atomic E-state index is -0.253. The van der Waals surface area contributed by atoms with Gasteiger partial charge in [0.05, 0.1) is 6.10 Å². The Morgan fingerprint density at radius 2 is 2.21 bits per heavy atom. The topological polar surface area (TPSA) is 20.2 Å². The molecule has 1 fully saturated rings. The second-order valence-electron chi connectivity index (χ2n) is 4.10. The van der Waals surface area contributed by atoms with Crippen molar-refractivity contribution < 1.29 is 5.11 Å². The van der Waals surface area contributed by atoms with E-state index in [9.17, 15) is 5.11 Å². The predicted molar refractivity (Wildman–Crippen MR) is 60.5 cm³/mol. The smallest absolute Gasteiger partial charge is 0.0821 e. The molecule has 0 bridgehead atoms. The van der Waals surface area contributed by atoms with Gasteiger partial charge >= 0.3 is 0 Å². The zero-order chi connectivity index (χ0) is 10.1. The Bertz CT molecular complexity index is 324. The van der Waals surface area contributed by atoms with E-state index in [-0.39, 0.29) is 6.10 Å². The van der Waals surface area contributed by atoms with Gasteiger partial charge in [-0.25, -0.2) is 0 Å². The summed E-state index contributed by atoms with van der Waals surface area (Å²) in [6.07, 6.45) is 2.98. The zero-order valence-electron chi connectivity index (χ0n) is 8.60. The Labute approximate surface area is 89.5 Å². The van der Waals surface area contributed by atoms with E-state index < -0.39 is 0 Å². The van der Waals surface area contributed by atoms with Crippen molar-refractivity contribution in [3.05, 3.63) is 29.8 Å². The quantitative estimate of drug-likeness (QED) is 0.770. The highest BCUT2D eigenvalue weighted by Crippen LogP contribution is 2.47. The Morgan fingerprint density at radius 1 is 1.50 bits per heavy atom. The first-order chi connectivity index (χ1) is 6.72. The van der Waals surface area contributed by atoms with Crippen LogP contribution in [0.15, 0.2) is 29.2 Å². The summed E-state index contributed by atoms with van der Waals surface area (Å²) in [5, 5.41) is 10.0. The van der Waals surface area contributed by atoms with Gasteiger partial charge in [0.2, 0.25) is 0 Å². The average Bonchev–Trinajstić information content (AvgIpc) is 2.94. The molecule has 1 N–H and O–H groups in total. The molecule has 0 aliphatic heterocycles. The minimum absolute atomic E-state index is 0.253. The molecule has 1 aliphatic rings. The standard InChI is InChI=1S/C12H16OS/c1-8-6-11(8)12(13)9-4-3-5-10(7-9)14-2/h3-5,7-8,11-13H,6H2,1-2H3. The highest BCUT2D eigenvalue weighted by molar-refractivity contribution is 7.98. The predicted octanol–water partition coefficient (Wildman–Crippen LogP) is 3.10. The van der Waals surface area contributed by atoms with E-state index in [4.69, 9.17) is 0 Å². The number of hydrogen-bond acceptors (Lipinski definition) is 2. The molecule has 0 spiro atoms. The van der Waals surface area contributed by atoms with Crippen molar-refractivity contribution in [3.63, 3.8) is 0 Å². The van der Waals surface area contributed by atoms with Crippen LogP contribution in [0, 0.1) is 11.8 Å². The molecular formula is C12H16OS. The second kappa shape index (κ2) is 3.95. The monoisotopic (exact) mass is 208 g/mol. The fourth-order valence-electron chi connectivity index (χ4n) is 1.86. The van der Waals surface area contributed by atoms with Crippen LogP contribution >= 0.6 is 11.8 Å². The van der Waals surface area contributed by atoms with Crippen molar-refractivity contribution in [3.8, 4) is 0 Å². The van der Waals surface area contributed by atoms with Gasteiger partial charge in [-0.05, 0) is 42.2 Å². The number of thioether (sulfide) groups is 1. The molecule has 0 radical (unpaired) electrons. The first-order valence-corrected chi connectivity index (χ1v) is 6.27. The van der Waals surface area contributed by atoms with Crippen LogP contribution in [-0.4, -0.2) is 11.4 Å². The Kier molecular flexibility index (Phi) is 2.84. The van der Waals surface area contributed by atoms with Crippen LogP contribution in [0.5, 0.6) is 0 Å². The summed E-state index contributed by atoms with van der Waals surface area (Å²) in [4.78, 5) is 1.23. The first kappa shape index (κ1) is 10.1. The van der Waals surface area contributed by atoms with Gasteiger partial charge in [0.1, 0.15) is 0 Å². The normalized spacial score (nSPS) is 27.4. The van der Waals surface area contributed by atoms with Crippen molar-refractivity contribution in [1.29, 1.82) is 0 Å². The maximum atomic E-state index is 10.0. The minimum Gasteiger partial charge on any atom is -0.388 e. The van der Waals surface area contributed by atoms with Crippen LogP contribution in [0.1, 0.15) is 25.0 Å². The van der Waals surface area contributed by atoms with Gasteiger partial charge in [0.25, 0.3) is 0 Å². The fourth-order valence-corrected chi connectivity index (χ4v) is 2.33. The SMILES string of the molecule is CSc1cccc(C(O)C2CC2C)c1. The average molecular weight is 208 g/mol. The Balaban J connectivity index is 2.14. The summed E-state index contributed by atoms with van der Waals surface area (Å²) >= 11 is 1.72. The van der Waals surface area contributed by atoms with Crippen LogP contribution in [0.4, 0.5) is 0 Å². The summed E-state index contributed by atoms with van der Waals surface area (Å²) in [6, 6.07) is 8.23. The molecule has 0 saturated heterocycles. The second-order valence-corrected chi connectivity index (χ2v) is 4.98. The molecule has 1 aromatic carbocycles. The van der Waals surface area contributed by atoms with Gasteiger partial charge in [-0.2, -0.15) is 0 Å². The van der Waals surface area contributed by atoms with E-state index in [1.165, 1.54) is 11.3 Å². The van der Waals surface area contributed by atoms with Crippen molar-refractivity contribution in [2.75, 3.05) is 6.26 Å². The lowest BCUT2D eigenvalue weighted by Gasteiger charge is -2.10. The molecule has 0 heterocycles. The highest BCUT2D eigenvalue weighted by atomic mass is 32.2. The molecule has 14 heavy (non-hydrogen) atoms. The Morgan fingerprint density at radius 3 is 2.79 bits per heavy atom. The maximum absolute atomic E-state index is 10.0. The maximum Gasteiger partial charge on any atom is 0.0821 e. The van der Waals surface area contributed by atoms with Crippen LogP contribution < -0.4 is 0 Å². The van der Waals surface area contributed by atoms with E-state index in [0.29, 0.717) is 11.8 Å². The lowest BCUT2D eigenvalue weighted by atomic mass is 10.0. The van der Waals surface area contributed by atoms with Crippen LogP contribution in [-0.2, 0) is 0 Å². The molecule has 1 nitrogen and oxygen atoms in total. The lowest BCUT2D eigenvalue weighted by Crippen LogP contribution is -2.00. The lowest BCUT2D eigenvalue weighted by molar-refractivity contribution is 0.148. The summed E-state index contributed by atoms with van der Waals surface area (Å²) in [5.41, 5.74) is 1.08. The zero-order valence-corrected chi connectivity index (χ0v) is 9.42. The van der Waals surface area contributed by atoms with Crippen molar-refractivity contribution in [1.82, 2.24) is 0 Å². The summed E-state index contributed by atoms with van der Waals surface area (Å²) < 4.78 is 0. The first-order valence-electron chi connectivity index (χ1n) is 5.04. The number of rotatable bonds is 3. The van der Waals surface area contributed by atoms with Gasteiger partial charge in [-0.1, -0.05) is 19.1 Å². The Hall–Kier alpha value is -0.470. The van der Waals surface area contributed by atoms with Gasteiger partial charge in [-0.3, -0.25) is 0 Å². The third-order valence-electron chi connectivity index (χ3n) is 3.01. The van der Waals surface area contributed by atoms with E-state index >= 15 is 0 Å². The van der Waals surface area contributed by atoms with Crippen LogP contribution in [0.2, 0.25) is 0 Å². The molecule has 2 rings (SSSR count). The van der Waals surface area contributed by atoms with Crippen molar-refractivity contribution in [2.24, 2.45) is 11.8 Å². The number of aliphatic hydroxyl groups excluding tert-OH is 1. The molecule has 1 saturated carbocycles. The van der Waals surface area contributed by atoms with Gasteiger partial charge in [0, 0.05) is 4.90 Å². The van der Waals surface area contributed by atoms with Gasteiger partial charge in [0.15, 0.2) is 0 Å². The molecular weight excluding hydrogens is 192 g/mol. The number of benzene rings is 1. The molecule has 1 aliphatic carbocycles. The highest BCUT2D eigenvalue weighted by Gasteiger charge is 2.39. The van der Waals surface area contributed by atoms with Crippen LogP contribution in [0.25, 0.3) is 0 Å². The van der Waals surface area contributed by atoms with E-state index in [2.05, 4.69) is 25.3 Å². The molecule has 1 aromatic rings. The van der Waals surface area contributed by atoms with E-state index in [1.807, 2.05) is 12.1 Å². The van der Waals surface area contributed by atoms with E-state index in [0.717, 1.165) is 5.56 Å². The third-order valence-corrected chi connectivity index (χ3v) is 3.74. The van der Waals surface area contributed by atoms with Crippen molar-refractivity contribution >= 4 is 11.8 Å². The number of hydrogen-bond donors (Lipinski definition) is 1. The molecule has 2 heteroatoms. The fraction of sp³-hybridized carbons (Fsp3) is 0.500. The summed E-state index contributed by atoms with van der Waals surface area (Å²) in [5.74, 6) is 1.19. The van der Waals surface area contributed by atoms with Gasteiger partial charge < -0.3 is 5.11 Å². The molecule has 3 atom stereocenters. The largest absolute Gasteiger partial charge is 0.388 e. The molecule has 0 aromatic heterocycles. The van der Waals surface area contributed by atoms with Crippen molar-refractivity contribution in [2.45, 2.75) is 24.3 Å². The van der Waals surface area contributed by atoms with E-state index in [1.54, 1.807) is 11.8 Å². The third kappa shape index (κ3) is 1.96. The molecule has 3 unspecified atom stereocenters. The summed E-state index contributed by atoms with van der Waals surface area (Å²) in [6.45, 7) is 2.20. The van der Waals surface area contributed by atoms with Gasteiger partial charge in [-0.15, -0.1) is 11.8 Å². The summed E-state index contributed by atoms with van der Waals surface area (Å²) in [7, 11) is 0.